The minimum atomic E-state index is -0.384. The van der Waals surface area contributed by atoms with E-state index in [1.807, 2.05) is 18.2 Å². The van der Waals surface area contributed by atoms with Crippen LogP contribution in [0.3, 0.4) is 0 Å². The summed E-state index contributed by atoms with van der Waals surface area (Å²) in [5.74, 6) is -0.238. The quantitative estimate of drug-likeness (QED) is 0.732. The predicted molar refractivity (Wildman–Crippen MR) is 68.1 cm³/mol. The van der Waals surface area contributed by atoms with Crippen LogP contribution < -0.4 is 0 Å². The summed E-state index contributed by atoms with van der Waals surface area (Å²) in [6.07, 6.45) is 1.71. The standard InChI is InChI=1S/C13H19N3O2/c1-15-7-9-16(10-8-15)12(13(17)18-2)11-5-3-4-6-14-11/h3-6,12H,7-10H2,1-2H3. The number of esters is 1. The highest BCUT2D eigenvalue weighted by atomic mass is 16.5. The third-order valence-electron chi connectivity index (χ3n) is 3.30. The zero-order valence-electron chi connectivity index (χ0n) is 10.9. The average molecular weight is 249 g/mol. The monoisotopic (exact) mass is 249 g/mol. The lowest BCUT2D eigenvalue weighted by Gasteiger charge is -2.36. The number of hydrogen-bond acceptors (Lipinski definition) is 5. The Bertz CT molecular complexity index is 388. The van der Waals surface area contributed by atoms with Gasteiger partial charge in [-0.25, -0.2) is 4.79 Å². The molecule has 2 rings (SSSR count). The van der Waals surface area contributed by atoms with E-state index in [1.165, 1.54) is 7.11 Å². The van der Waals surface area contributed by atoms with Crippen molar-refractivity contribution in [1.82, 2.24) is 14.8 Å². The molecule has 0 saturated carbocycles. The number of aromatic nitrogens is 1. The molecule has 1 saturated heterocycles. The number of carbonyl (C=O) groups excluding carboxylic acids is 1. The van der Waals surface area contributed by atoms with Crippen molar-refractivity contribution in [3.8, 4) is 0 Å². The first-order valence-electron chi connectivity index (χ1n) is 6.13. The molecule has 18 heavy (non-hydrogen) atoms. The topological polar surface area (TPSA) is 45.7 Å². The normalized spacial score (nSPS) is 19.4. The lowest BCUT2D eigenvalue weighted by molar-refractivity contribution is -0.148. The fourth-order valence-electron chi connectivity index (χ4n) is 2.19. The molecule has 0 spiro atoms. The highest BCUT2D eigenvalue weighted by Crippen LogP contribution is 2.21. The van der Waals surface area contributed by atoms with Crippen LogP contribution in [0.25, 0.3) is 0 Å². The first-order valence-corrected chi connectivity index (χ1v) is 6.13. The molecule has 0 N–H and O–H groups in total. The van der Waals surface area contributed by atoms with Crippen LogP contribution in [0.1, 0.15) is 11.7 Å². The smallest absolute Gasteiger partial charge is 0.329 e. The molecule has 0 aromatic carbocycles. The van der Waals surface area contributed by atoms with Gasteiger partial charge in [0, 0.05) is 32.4 Å². The molecule has 1 fully saturated rings. The second-order valence-corrected chi connectivity index (χ2v) is 4.52. The third-order valence-corrected chi connectivity index (χ3v) is 3.30. The van der Waals surface area contributed by atoms with Crippen LogP contribution in [-0.2, 0) is 9.53 Å². The summed E-state index contributed by atoms with van der Waals surface area (Å²) in [6.45, 7) is 3.63. The van der Waals surface area contributed by atoms with Gasteiger partial charge in [-0.05, 0) is 19.2 Å². The molecule has 1 aromatic rings. The van der Waals surface area contributed by atoms with Gasteiger partial charge in [-0.2, -0.15) is 0 Å². The summed E-state index contributed by atoms with van der Waals surface area (Å²) in [4.78, 5) is 20.6. The molecule has 2 heterocycles. The molecule has 98 valence electrons. The van der Waals surface area contributed by atoms with Crippen molar-refractivity contribution in [3.63, 3.8) is 0 Å². The molecule has 1 unspecified atom stereocenters. The number of methoxy groups -OCH3 is 1. The maximum atomic E-state index is 12.0. The van der Waals surface area contributed by atoms with E-state index >= 15 is 0 Å². The Morgan fingerprint density at radius 1 is 1.33 bits per heavy atom. The Balaban J connectivity index is 2.18. The molecular weight excluding hydrogens is 230 g/mol. The van der Waals surface area contributed by atoms with Crippen LogP contribution in [0.15, 0.2) is 24.4 Å². The number of hydrogen-bond donors (Lipinski definition) is 0. The number of piperazine rings is 1. The minimum absolute atomic E-state index is 0.238. The van der Waals surface area contributed by atoms with E-state index in [0.29, 0.717) is 0 Å². The molecule has 1 aliphatic heterocycles. The van der Waals surface area contributed by atoms with Gasteiger partial charge < -0.3 is 9.64 Å². The van der Waals surface area contributed by atoms with Crippen LogP contribution >= 0.6 is 0 Å². The average Bonchev–Trinajstić information content (AvgIpc) is 2.42. The summed E-state index contributed by atoms with van der Waals surface area (Å²) in [5, 5.41) is 0. The number of rotatable bonds is 3. The molecule has 0 amide bonds. The van der Waals surface area contributed by atoms with Gasteiger partial charge in [-0.1, -0.05) is 6.07 Å². The molecule has 0 aliphatic carbocycles. The summed E-state index contributed by atoms with van der Waals surface area (Å²) in [6, 6.07) is 5.24. The lowest BCUT2D eigenvalue weighted by Crippen LogP contribution is -2.48. The van der Waals surface area contributed by atoms with Crippen LogP contribution in [0.2, 0.25) is 0 Å². The predicted octanol–water partition coefficient (Wildman–Crippen LogP) is 0.543. The third kappa shape index (κ3) is 2.86. The molecule has 5 heteroatoms. The van der Waals surface area contributed by atoms with Gasteiger partial charge in [0.05, 0.1) is 12.8 Å². The lowest BCUT2D eigenvalue weighted by atomic mass is 10.1. The van der Waals surface area contributed by atoms with Crippen molar-refractivity contribution in [2.75, 3.05) is 40.3 Å². The van der Waals surface area contributed by atoms with Crippen LogP contribution in [0, 0.1) is 0 Å². The van der Waals surface area contributed by atoms with Crippen molar-refractivity contribution in [2.24, 2.45) is 0 Å². The molecule has 1 aliphatic rings. The number of likely N-dealkylation sites (N-methyl/N-ethyl adjacent to an activating group) is 1. The van der Waals surface area contributed by atoms with Gasteiger partial charge in [-0.15, -0.1) is 0 Å². The van der Waals surface area contributed by atoms with Crippen molar-refractivity contribution in [1.29, 1.82) is 0 Å². The molecule has 0 bridgehead atoms. The highest BCUT2D eigenvalue weighted by molar-refractivity contribution is 5.76. The summed E-state index contributed by atoms with van der Waals surface area (Å²) < 4.78 is 4.91. The van der Waals surface area contributed by atoms with Gasteiger partial charge in [0.15, 0.2) is 6.04 Å². The second kappa shape index (κ2) is 5.93. The number of ether oxygens (including phenoxy) is 1. The highest BCUT2D eigenvalue weighted by Gasteiger charge is 2.31. The maximum absolute atomic E-state index is 12.0. The van der Waals surface area contributed by atoms with Gasteiger partial charge in [0.25, 0.3) is 0 Å². The Morgan fingerprint density at radius 3 is 2.61 bits per heavy atom. The van der Waals surface area contributed by atoms with E-state index in [1.54, 1.807) is 6.20 Å². The van der Waals surface area contributed by atoms with Gasteiger partial charge in [0.1, 0.15) is 0 Å². The van der Waals surface area contributed by atoms with E-state index in [-0.39, 0.29) is 12.0 Å². The van der Waals surface area contributed by atoms with Gasteiger partial charge in [0.2, 0.25) is 0 Å². The molecule has 5 nitrogen and oxygen atoms in total. The molecular formula is C13H19N3O2. The van der Waals surface area contributed by atoms with Crippen molar-refractivity contribution in [2.45, 2.75) is 6.04 Å². The van der Waals surface area contributed by atoms with E-state index < -0.39 is 0 Å². The largest absolute Gasteiger partial charge is 0.468 e. The summed E-state index contributed by atoms with van der Waals surface area (Å²) in [5.41, 5.74) is 0.758. The summed E-state index contributed by atoms with van der Waals surface area (Å²) in [7, 11) is 3.51. The zero-order valence-corrected chi connectivity index (χ0v) is 10.9. The Hall–Kier alpha value is -1.46. The van der Waals surface area contributed by atoms with Crippen LogP contribution in [0.4, 0.5) is 0 Å². The Kier molecular flexibility index (Phi) is 4.28. The first-order chi connectivity index (χ1) is 8.72. The number of nitrogens with zero attached hydrogens (tertiary/aromatic N) is 3. The Morgan fingerprint density at radius 2 is 2.06 bits per heavy atom. The number of carbonyl (C=O) groups is 1. The van der Waals surface area contributed by atoms with E-state index in [9.17, 15) is 4.79 Å². The molecule has 0 radical (unpaired) electrons. The van der Waals surface area contributed by atoms with Gasteiger partial charge in [-0.3, -0.25) is 9.88 Å². The van der Waals surface area contributed by atoms with Crippen molar-refractivity contribution in [3.05, 3.63) is 30.1 Å². The Labute approximate surface area is 107 Å². The molecule has 1 atom stereocenters. The molecule has 1 aromatic heterocycles. The maximum Gasteiger partial charge on any atom is 0.329 e. The van der Waals surface area contributed by atoms with E-state index in [2.05, 4.69) is 21.8 Å². The zero-order chi connectivity index (χ0) is 13.0. The van der Waals surface area contributed by atoms with Gasteiger partial charge >= 0.3 is 5.97 Å². The first kappa shape index (κ1) is 13.0. The fourth-order valence-corrected chi connectivity index (χ4v) is 2.19. The summed E-state index contributed by atoms with van der Waals surface area (Å²) >= 11 is 0. The fraction of sp³-hybridized carbons (Fsp3) is 0.538. The SMILES string of the molecule is COC(=O)C(c1ccccn1)N1CCN(C)CC1. The van der Waals surface area contributed by atoms with Crippen LogP contribution in [-0.4, -0.2) is 61.1 Å². The minimum Gasteiger partial charge on any atom is -0.468 e. The van der Waals surface area contributed by atoms with Crippen molar-refractivity contribution < 1.29 is 9.53 Å². The van der Waals surface area contributed by atoms with Crippen LogP contribution in [0.5, 0.6) is 0 Å². The van der Waals surface area contributed by atoms with E-state index in [4.69, 9.17) is 4.74 Å². The van der Waals surface area contributed by atoms with E-state index in [0.717, 1.165) is 31.9 Å². The number of pyridine rings is 1. The van der Waals surface area contributed by atoms with Crippen molar-refractivity contribution >= 4 is 5.97 Å². The second-order valence-electron chi connectivity index (χ2n) is 4.52.